The van der Waals surface area contributed by atoms with E-state index in [2.05, 4.69) is 4.98 Å². The fourth-order valence-electron chi connectivity index (χ4n) is 3.02. The van der Waals surface area contributed by atoms with Gasteiger partial charge in [0.1, 0.15) is 11.6 Å². The number of unbranched alkanes of at least 4 members (excludes halogenated alkanes) is 1. The Morgan fingerprint density at radius 1 is 1.28 bits per heavy atom. The van der Waals surface area contributed by atoms with Crippen molar-refractivity contribution < 1.29 is 23.5 Å². The van der Waals surface area contributed by atoms with E-state index in [0.717, 1.165) is 17.4 Å². The maximum absolute atomic E-state index is 13.5. The van der Waals surface area contributed by atoms with Crippen LogP contribution in [0.1, 0.15) is 35.7 Å². The van der Waals surface area contributed by atoms with Crippen LogP contribution in [0.25, 0.3) is 0 Å². The number of benzene rings is 1. The van der Waals surface area contributed by atoms with Gasteiger partial charge in [0.05, 0.1) is 12.2 Å². The molecule has 2 rings (SSSR count). The minimum absolute atomic E-state index is 0.0216. The summed E-state index contributed by atoms with van der Waals surface area (Å²) in [6.45, 7) is 3.02. The first-order valence-electron chi connectivity index (χ1n) is 10.1. The fourth-order valence-corrected chi connectivity index (χ4v) is 3.02. The van der Waals surface area contributed by atoms with E-state index in [1.165, 1.54) is 23.8 Å². The third-order valence-corrected chi connectivity index (χ3v) is 4.79. The smallest absolute Gasteiger partial charge is 0.339 e. The maximum atomic E-state index is 13.5. The lowest BCUT2D eigenvalue weighted by atomic mass is 10.1. The molecule has 1 heterocycles. The molecule has 0 fully saturated rings. The summed E-state index contributed by atoms with van der Waals surface area (Å²) in [5, 5.41) is 0. The minimum Gasteiger partial charge on any atom is -0.452 e. The van der Waals surface area contributed by atoms with Gasteiger partial charge < -0.3 is 15.2 Å². The van der Waals surface area contributed by atoms with Crippen molar-refractivity contribution in [3.63, 3.8) is 0 Å². The molecular weight excluding hydrogens is 423 g/mol. The van der Waals surface area contributed by atoms with E-state index < -0.39 is 35.5 Å². The highest BCUT2D eigenvalue weighted by Gasteiger charge is 2.25. The van der Waals surface area contributed by atoms with Crippen LogP contribution in [0.15, 0.2) is 27.8 Å². The fraction of sp³-hybridized carbons (Fsp3) is 0.429. The van der Waals surface area contributed by atoms with Gasteiger partial charge in [-0.15, -0.1) is 0 Å². The maximum Gasteiger partial charge on any atom is 0.339 e. The van der Waals surface area contributed by atoms with Crippen LogP contribution >= 0.6 is 0 Å². The highest BCUT2D eigenvalue weighted by atomic mass is 19.1. The van der Waals surface area contributed by atoms with Crippen LogP contribution in [0, 0.1) is 12.7 Å². The molecule has 11 heteroatoms. The average molecular weight is 450 g/mol. The number of esters is 1. The van der Waals surface area contributed by atoms with Gasteiger partial charge in [0.25, 0.3) is 11.5 Å². The lowest BCUT2D eigenvalue weighted by molar-refractivity contribution is -0.121. The zero-order valence-corrected chi connectivity index (χ0v) is 18.3. The molecular formula is C21H27FN4O6. The van der Waals surface area contributed by atoms with E-state index in [4.69, 9.17) is 15.2 Å². The van der Waals surface area contributed by atoms with Gasteiger partial charge in [-0.1, -0.05) is 19.4 Å². The zero-order valence-electron chi connectivity index (χ0n) is 18.3. The summed E-state index contributed by atoms with van der Waals surface area (Å²) < 4.78 is 24.7. The molecule has 2 aromatic rings. The Morgan fingerprint density at radius 3 is 2.66 bits per heavy atom. The van der Waals surface area contributed by atoms with Crippen LogP contribution in [0.3, 0.4) is 0 Å². The molecule has 0 bridgehead atoms. The van der Waals surface area contributed by atoms with Gasteiger partial charge >= 0.3 is 11.7 Å². The van der Waals surface area contributed by atoms with Crippen molar-refractivity contribution in [2.75, 3.05) is 37.5 Å². The number of hydrogen-bond donors (Lipinski definition) is 2. The molecule has 0 saturated carbocycles. The standard InChI is InChI=1S/C21H27FN4O6/c1-4-5-8-26-18(23)17(19(28)24-21(26)30)25(9-10-31-3)16(27)12-32-20(29)15-11-14(22)7-6-13(15)2/h6-7,11H,4-5,8-10,12,23H2,1-3H3,(H,24,28,30). The summed E-state index contributed by atoms with van der Waals surface area (Å²) in [7, 11) is 1.41. The van der Waals surface area contributed by atoms with Gasteiger partial charge in [-0.2, -0.15) is 0 Å². The number of aryl methyl sites for hydroxylation is 1. The van der Waals surface area contributed by atoms with Crippen molar-refractivity contribution in [2.24, 2.45) is 0 Å². The summed E-state index contributed by atoms with van der Waals surface area (Å²) in [6, 6.07) is 3.63. The molecule has 0 atom stereocenters. The van der Waals surface area contributed by atoms with Gasteiger partial charge in [-0.3, -0.25) is 24.0 Å². The lowest BCUT2D eigenvalue weighted by Gasteiger charge is -2.24. The summed E-state index contributed by atoms with van der Waals surface area (Å²) in [5.74, 6) is -2.45. The SMILES string of the molecule is CCCCn1c(N)c(N(CCOC)C(=O)COC(=O)c2cc(F)ccc2C)c(=O)[nH]c1=O. The molecule has 0 aliphatic carbocycles. The summed E-state index contributed by atoms with van der Waals surface area (Å²) in [4.78, 5) is 53.0. The van der Waals surface area contributed by atoms with E-state index in [1.54, 1.807) is 6.92 Å². The normalized spacial score (nSPS) is 10.8. The van der Waals surface area contributed by atoms with Crippen LogP contribution < -0.4 is 21.9 Å². The number of hydrogen-bond acceptors (Lipinski definition) is 7. The molecule has 0 aliphatic rings. The predicted molar refractivity (Wildman–Crippen MR) is 116 cm³/mol. The Bertz CT molecular complexity index is 1090. The molecule has 0 saturated heterocycles. The van der Waals surface area contributed by atoms with Crippen LogP contribution in [0.5, 0.6) is 0 Å². The van der Waals surface area contributed by atoms with Gasteiger partial charge in [-0.25, -0.2) is 14.0 Å². The first kappa shape index (κ1) is 24.8. The molecule has 174 valence electrons. The quantitative estimate of drug-likeness (QED) is 0.519. The molecule has 1 amide bonds. The molecule has 10 nitrogen and oxygen atoms in total. The Kier molecular flexibility index (Phi) is 8.71. The summed E-state index contributed by atoms with van der Waals surface area (Å²) >= 11 is 0. The number of amides is 1. The molecule has 1 aromatic carbocycles. The number of nitrogen functional groups attached to an aromatic ring is 1. The number of ether oxygens (including phenoxy) is 2. The van der Waals surface area contributed by atoms with Gasteiger partial charge in [-0.05, 0) is 31.0 Å². The van der Waals surface area contributed by atoms with Crippen molar-refractivity contribution in [1.29, 1.82) is 0 Å². The van der Waals surface area contributed by atoms with Crippen molar-refractivity contribution in [2.45, 2.75) is 33.2 Å². The van der Waals surface area contributed by atoms with Crippen LogP contribution in [-0.2, 0) is 20.8 Å². The number of anilines is 2. The highest BCUT2D eigenvalue weighted by molar-refractivity contribution is 5.98. The highest BCUT2D eigenvalue weighted by Crippen LogP contribution is 2.18. The first-order chi connectivity index (χ1) is 15.2. The van der Waals surface area contributed by atoms with E-state index in [0.29, 0.717) is 12.0 Å². The van der Waals surface area contributed by atoms with Crippen molar-refractivity contribution in [3.8, 4) is 0 Å². The topological polar surface area (TPSA) is 137 Å². The van der Waals surface area contributed by atoms with Crippen molar-refractivity contribution in [1.82, 2.24) is 9.55 Å². The summed E-state index contributed by atoms with van der Waals surface area (Å²) in [6.07, 6.45) is 1.41. The van der Waals surface area contributed by atoms with Gasteiger partial charge in [0, 0.05) is 20.2 Å². The van der Waals surface area contributed by atoms with Gasteiger partial charge in [0.2, 0.25) is 0 Å². The number of nitrogens with zero attached hydrogens (tertiary/aromatic N) is 2. The Morgan fingerprint density at radius 2 is 2.00 bits per heavy atom. The second-order valence-corrected chi connectivity index (χ2v) is 7.07. The lowest BCUT2D eigenvalue weighted by Crippen LogP contribution is -2.44. The monoisotopic (exact) mass is 450 g/mol. The number of H-pyrrole nitrogens is 1. The largest absolute Gasteiger partial charge is 0.452 e. The second-order valence-electron chi connectivity index (χ2n) is 7.07. The van der Waals surface area contributed by atoms with E-state index in [-0.39, 0.29) is 36.8 Å². The predicted octanol–water partition coefficient (Wildman–Crippen LogP) is 1.20. The number of methoxy groups -OCH3 is 1. The van der Waals surface area contributed by atoms with Crippen molar-refractivity contribution in [3.05, 3.63) is 56.0 Å². The molecule has 0 unspecified atom stereocenters. The van der Waals surface area contributed by atoms with Gasteiger partial charge in [0.15, 0.2) is 12.3 Å². The third-order valence-electron chi connectivity index (χ3n) is 4.79. The van der Waals surface area contributed by atoms with Crippen LogP contribution in [-0.4, -0.2) is 48.3 Å². The number of halogens is 1. The third kappa shape index (κ3) is 5.82. The molecule has 32 heavy (non-hydrogen) atoms. The molecule has 3 N–H and O–H groups in total. The Balaban J connectivity index is 2.32. The van der Waals surface area contributed by atoms with E-state index in [9.17, 15) is 23.6 Å². The minimum atomic E-state index is -0.892. The molecule has 0 spiro atoms. The number of rotatable bonds is 10. The second kappa shape index (κ2) is 11.2. The van der Waals surface area contributed by atoms with E-state index in [1.807, 2.05) is 6.92 Å². The molecule has 0 aliphatic heterocycles. The first-order valence-corrected chi connectivity index (χ1v) is 10.1. The van der Waals surface area contributed by atoms with Crippen LogP contribution in [0.4, 0.5) is 15.9 Å². The summed E-state index contributed by atoms with van der Waals surface area (Å²) in [5.41, 5.74) is 4.76. The Labute approximate surface area is 183 Å². The Hall–Kier alpha value is -3.47. The van der Waals surface area contributed by atoms with Crippen LogP contribution in [0.2, 0.25) is 0 Å². The molecule has 1 aromatic heterocycles. The zero-order chi connectivity index (χ0) is 23.8. The number of nitrogens with two attached hydrogens (primary N) is 1. The number of carbonyl (C=O) groups excluding carboxylic acids is 2. The number of aromatic amines is 1. The van der Waals surface area contributed by atoms with Crippen molar-refractivity contribution >= 4 is 23.4 Å². The van der Waals surface area contributed by atoms with E-state index >= 15 is 0 Å². The number of nitrogens with one attached hydrogen (secondary N) is 1. The number of carbonyl (C=O) groups is 2. The average Bonchev–Trinajstić information content (AvgIpc) is 2.75. The number of aromatic nitrogens is 2. The molecule has 0 radical (unpaired) electrons.